The average molecular weight is 473 g/mol. The molecule has 0 fully saturated rings. The van der Waals surface area contributed by atoms with Gasteiger partial charge in [0.15, 0.2) is 11.5 Å². The topological polar surface area (TPSA) is 88.1 Å². The van der Waals surface area contributed by atoms with Crippen LogP contribution in [0.15, 0.2) is 42.7 Å². The van der Waals surface area contributed by atoms with Crippen LogP contribution in [0.4, 0.5) is 0 Å². The Morgan fingerprint density at radius 2 is 1.52 bits per heavy atom. The number of carbonyl (C=O) groups excluding carboxylic acids is 1. The third kappa shape index (κ3) is 5.23. The SMILES string of the molecule is COc1cc(CNC(=O)c2cncc(-c3cc(OC)c(OC)c(OC)c3Cl)c2)cc(OC)c1. The van der Waals surface area contributed by atoms with Gasteiger partial charge in [0, 0.05) is 36.1 Å². The van der Waals surface area contributed by atoms with Crippen LogP contribution in [0.2, 0.25) is 5.02 Å². The van der Waals surface area contributed by atoms with E-state index in [1.54, 1.807) is 38.6 Å². The first-order valence-electron chi connectivity index (χ1n) is 9.89. The van der Waals surface area contributed by atoms with Gasteiger partial charge in [-0.2, -0.15) is 0 Å². The number of rotatable bonds is 9. The molecule has 0 atom stereocenters. The molecule has 1 heterocycles. The summed E-state index contributed by atoms with van der Waals surface area (Å²) in [4.78, 5) is 17.0. The monoisotopic (exact) mass is 472 g/mol. The number of hydrogen-bond acceptors (Lipinski definition) is 7. The Morgan fingerprint density at radius 3 is 2.09 bits per heavy atom. The van der Waals surface area contributed by atoms with Gasteiger partial charge in [-0.3, -0.25) is 9.78 Å². The Kier molecular flexibility index (Phi) is 7.84. The molecule has 0 unspecified atom stereocenters. The van der Waals surface area contributed by atoms with Crippen molar-refractivity contribution >= 4 is 17.5 Å². The second-order valence-electron chi connectivity index (χ2n) is 6.87. The minimum Gasteiger partial charge on any atom is -0.497 e. The van der Waals surface area contributed by atoms with Crippen molar-refractivity contribution in [1.29, 1.82) is 0 Å². The van der Waals surface area contributed by atoms with Crippen LogP contribution in [0, 0.1) is 0 Å². The number of ether oxygens (including phenoxy) is 5. The summed E-state index contributed by atoms with van der Waals surface area (Å²) in [7, 11) is 7.65. The predicted octanol–water partition coefficient (Wildman–Crippen LogP) is 4.38. The van der Waals surface area contributed by atoms with Crippen LogP contribution >= 0.6 is 11.6 Å². The van der Waals surface area contributed by atoms with Gasteiger partial charge in [0.25, 0.3) is 5.91 Å². The maximum absolute atomic E-state index is 12.8. The van der Waals surface area contributed by atoms with E-state index in [2.05, 4.69) is 10.3 Å². The second kappa shape index (κ2) is 10.8. The van der Waals surface area contributed by atoms with Crippen LogP contribution in [-0.4, -0.2) is 46.4 Å². The summed E-state index contributed by atoms with van der Waals surface area (Å²) in [6, 6.07) is 8.83. The van der Waals surface area contributed by atoms with E-state index in [1.807, 2.05) is 12.1 Å². The lowest BCUT2D eigenvalue weighted by molar-refractivity contribution is 0.0950. The maximum atomic E-state index is 12.8. The fourth-order valence-electron chi connectivity index (χ4n) is 3.30. The van der Waals surface area contributed by atoms with Crippen molar-refractivity contribution in [2.45, 2.75) is 6.54 Å². The number of amides is 1. The summed E-state index contributed by atoms with van der Waals surface area (Å²) in [6.07, 6.45) is 3.09. The molecule has 0 spiro atoms. The number of aromatic nitrogens is 1. The molecule has 174 valence electrons. The molecule has 0 aliphatic rings. The van der Waals surface area contributed by atoms with Crippen molar-refractivity contribution < 1.29 is 28.5 Å². The molecule has 3 aromatic rings. The van der Waals surface area contributed by atoms with Gasteiger partial charge in [-0.05, 0) is 29.8 Å². The summed E-state index contributed by atoms with van der Waals surface area (Å²) in [6.45, 7) is 0.279. The molecular formula is C24H25ClN2O6. The fourth-order valence-corrected chi connectivity index (χ4v) is 3.62. The quantitative estimate of drug-likeness (QED) is 0.494. The Balaban J connectivity index is 1.88. The third-order valence-corrected chi connectivity index (χ3v) is 5.32. The van der Waals surface area contributed by atoms with Crippen molar-refractivity contribution in [3.63, 3.8) is 0 Å². The average Bonchev–Trinajstić information content (AvgIpc) is 2.86. The van der Waals surface area contributed by atoms with E-state index in [0.29, 0.717) is 50.5 Å². The van der Waals surface area contributed by atoms with Crippen molar-refractivity contribution in [2.24, 2.45) is 0 Å². The number of hydrogen-bond donors (Lipinski definition) is 1. The molecule has 33 heavy (non-hydrogen) atoms. The highest BCUT2D eigenvalue weighted by atomic mass is 35.5. The molecular weight excluding hydrogens is 448 g/mol. The lowest BCUT2D eigenvalue weighted by Gasteiger charge is -2.17. The zero-order chi connectivity index (χ0) is 24.0. The predicted molar refractivity (Wildman–Crippen MR) is 125 cm³/mol. The third-order valence-electron chi connectivity index (χ3n) is 4.95. The summed E-state index contributed by atoms with van der Waals surface area (Å²) in [5.74, 6) is 2.13. The molecule has 1 N–H and O–H groups in total. The Bertz CT molecular complexity index is 1130. The Labute approximate surface area is 197 Å². The molecule has 0 saturated heterocycles. The highest BCUT2D eigenvalue weighted by Gasteiger charge is 2.21. The number of benzene rings is 2. The van der Waals surface area contributed by atoms with E-state index >= 15 is 0 Å². The number of nitrogens with one attached hydrogen (secondary N) is 1. The normalized spacial score (nSPS) is 10.4. The molecule has 3 rings (SSSR count). The number of carbonyl (C=O) groups is 1. The van der Waals surface area contributed by atoms with Crippen LogP contribution in [-0.2, 0) is 6.54 Å². The molecule has 0 radical (unpaired) electrons. The molecule has 1 aromatic heterocycles. The standard InChI is InChI=1S/C24H25ClN2O6/c1-29-17-6-14(7-18(9-17)30-2)11-27-24(28)16-8-15(12-26-13-16)19-10-20(31-3)22(32-4)23(33-5)21(19)25/h6-10,12-13H,11H2,1-5H3,(H,27,28). The largest absolute Gasteiger partial charge is 0.497 e. The first-order chi connectivity index (χ1) is 15.9. The highest BCUT2D eigenvalue weighted by Crippen LogP contribution is 2.47. The molecule has 1 amide bonds. The van der Waals surface area contributed by atoms with E-state index in [4.69, 9.17) is 35.3 Å². The highest BCUT2D eigenvalue weighted by molar-refractivity contribution is 6.35. The Morgan fingerprint density at radius 1 is 0.848 bits per heavy atom. The van der Waals surface area contributed by atoms with Crippen molar-refractivity contribution in [3.05, 3.63) is 58.9 Å². The minimum absolute atomic E-state index is 0.279. The van der Waals surface area contributed by atoms with Gasteiger partial charge in [0.1, 0.15) is 11.5 Å². The van der Waals surface area contributed by atoms with E-state index in [0.717, 1.165) is 5.56 Å². The van der Waals surface area contributed by atoms with E-state index < -0.39 is 0 Å². The molecule has 2 aromatic carbocycles. The summed E-state index contributed by atoms with van der Waals surface area (Å²) in [5.41, 5.74) is 2.41. The van der Waals surface area contributed by atoms with Gasteiger partial charge in [-0.1, -0.05) is 11.6 Å². The van der Waals surface area contributed by atoms with Crippen molar-refractivity contribution in [3.8, 4) is 39.9 Å². The zero-order valence-electron chi connectivity index (χ0n) is 19.0. The zero-order valence-corrected chi connectivity index (χ0v) is 19.8. The van der Waals surface area contributed by atoms with E-state index in [-0.39, 0.29) is 12.5 Å². The van der Waals surface area contributed by atoms with E-state index in [1.165, 1.54) is 27.5 Å². The van der Waals surface area contributed by atoms with Gasteiger partial charge < -0.3 is 29.0 Å². The second-order valence-corrected chi connectivity index (χ2v) is 7.25. The van der Waals surface area contributed by atoms with Crippen LogP contribution < -0.4 is 29.0 Å². The number of nitrogens with zero attached hydrogens (tertiary/aromatic N) is 1. The van der Waals surface area contributed by atoms with Crippen molar-refractivity contribution in [2.75, 3.05) is 35.5 Å². The van der Waals surface area contributed by atoms with E-state index in [9.17, 15) is 4.79 Å². The lowest BCUT2D eigenvalue weighted by Crippen LogP contribution is -2.23. The molecule has 0 bridgehead atoms. The number of pyridine rings is 1. The van der Waals surface area contributed by atoms with Crippen LogP contribution in [0.5, 0.6) is 28.7 Å². The molecule has 0 aliphatic heterocycles. The smallest absolute Gasteiger partial charge is 0.253 e. The molecule has 0 saturated carbocycles. The van der Waals surface area contributed by atoms with Gasteiger partial charge >= 0.3 is 0 Å². The molecule has 0 aliphatic carbocycles. The van der Waals surface area contributed by atoms with Gasteiger partial charge in [-0.15, -0.1) is 0 Å². The van der Waals surface area contributed by atoms with Crippen LogP contribution in [0.3, 0.4) is 0 Å². The molecule has 8 nitrogen and oxygen atoms in total. The summed E-state index contributed by atoms with van der Waals surface area (Å²) < 4.78 is 26.7. The summed E-state index contributed by atoms with van der Waals surface area (Å²) in [5, 5.41) is 3.20. The maximum Gasteiger partial charge on any atom is 0.253 e. The molecule has 9 heteroatoms. The van der Waals surface area contributed by atoms with Gasteiger partial charge in [0.05, 0.1) is 46.1 Å². The first kappa shape index (κ1) is 24.0. The summed E-state index contributed by atoms with van der Waals surface area (Å²) >= 11 is 6.57. The number of halogens is 1. The van der Waals surface area contributed by atoms with Crippen LogP contribution in [0.1, 0.15) is 15.9 Å². The number of methoxy groups -OCH3 is 5. The van der Waals surface area contributed by atoms with Crippen molar-refractivity contribution in [1.82, 2.24) is 10.3 Å². The van der Waals surface area contributed by atoms with Gasteiger partial charge in [0.2, 0.25) is 5.75 Å². The van der Waals surface area contributed by atoms with Gasteiger partial charge in [-0.25, -0.2) is 0 Å². The lowest BCUT2D eigenvalue weighted by atomic mass is 10.0. The minimum atomic E-state index is -0.297. The Hall–Kier alpha value is -3.65. The van der Waals surface area contributed by atoms with Crippen LogP contribution in [0.25, 0.3) is 11.1 Å². The first-order valence-corrected chi connectivity index (χ1v) is 10.3. The fraction of sp³-hybridized carbons (Fsp3) is 0.250.